The summed E-state index contributed by atoms with van der Waals surface area (Å²) in [6, 6.07) is 25.8. The molecule has 33 heavy (non-hydrogen) atoms. The second-order valence-electron chi connectivity index (χ2n) is 8.27. The second-order valence-corrected chi connectivity index (χ2v) is 8.27. The molecule has 0 atom stereocenters. The summed E-state index contributed by atoms with van der Waals surface area (Å²) in [7, 11) is 0. The molecule has 0 fully saturated rings. The van der Waals surface area contributed by atoms with E-state index in [2.05, 4.69) is 47.1 Å². The van der Waals surface area contributed by atoms with Gasteiger partial charge in [-0.2, -0.15) is 0 Å². The van der Waals surface area contributed by atoms with E-state index in [1.807, 2.05) is 48.5 Å². The lowest BCUT2D eigenvalue weighted by molar-refractivity contribution is 0.0953. The van der Waals surface area contributed by atoms with Gasteiger partial charge in [0, 0.05) is 25.1 Å². The molecule has 3 aromatic carbocycles. The number of rotatable bonds is 11. The molecule has 170 valence electrons. The molecule has 0 radical (unpaired) electrons. The quantitative estimate of drug-likeness (QED) is 0.310. The van der Waals surface area contributed by atoms with Crippen LogP contribution in [0.4, 0.5) is 0 Å². The number of carbonyl (C=O) groups is 1. The van der Waals surface area contributed by atoms with E-state index in [-0.39, 0.29) is 5.91 Å². The molecule has 1 amide bonds. The third kappa shape index (κ3) is 6.22. The van der Waals surface area contributed by atoms with Crippen molar-refractivity contribution in [3.05, 3.63) is 95.8 Å². The molecule has 4 aromatic rings. The van der Waals surface area contributed by atoms with Gasteiger partial charge in [0.25, 0.3) is 5.91 Å². The average molecular weight is 442 g/mol. The van der Waals surface area contributed by atoms with Crippen LogP contribution in [0.5, 0.6) is 5.75 Å². The van der Waals surface area contributed by atoms with Crippen molar-refractivity contribution in [3.8, 4) is 5.75 Å². The van der Waals surface area contributed by atoms with Gasteiger partial charge in [-0.1, -0.05) is 42.5 Å². The minimum atomic E-state index is -0.0299. The van der Waals surface area contributed by atoms with Crippen molar-refractivity contribution in [2.24, 2.45) is 0 Å². The van der Waals surface area contributed by atoms with Gasteiger partial charge < -0.3 is 14.6 Å². The summed E-state index contributed by atoms with van der Waals surface area (Å²) in [5, 5.41) is 3.01. The minimum absolute atomic E-state index is 0.0299. The normalized spacial score (nSPS) is 10.9. The first-order valence-corrected chi connectivity index (χ1v) is 11.7. The van der Waals surface area contributed by atoms with E-state index < -0.39 is 0 Å². The van der Waals surface area contributed by atoms with Crippen LogP contribution in [-0.2, 0) is 13.0 Å². The van der Waals surface area contributed by atoms with E-state index in [9.17, 15) is 4.79 Å². The molecule has 4 rings (SSSR count). The van der Waals surface area contributed by atoms with Crippen molar-refractivity contribution in [2.45, 2.75) is 39.2 Å². The molecule has 0 aliphatic carbocycles. The molecule has 0 bridgehead atoms. The van der Waals surface area contributed by atoms with E-state index in [1.54, 1.807) is 0 Å². The van der Waals surface area contributed by atoms with E-state index in [1.165, 1.54) is 11.1 Å². The predicted octanol–water partition coefficient (Wildman–Crippen LogP) is 5.57. The van der Waals surface area contributed by atoms with Gasteiger partial charge in [-0.05, 0) is 68.1 Å². The Morgan fingerprint density at radius 3 is 2.61 bits per heavy atom. The fourth-order valence-corrected chi connectivity index (χ4v) is 3.97. The van der Waals surface area contributed by atoms with E-state index in [4.69, 9.17) is 9.72 Å². The Balaban J connectivity index is 1.29. The van der Waals surface area contributed by atoms with Crippen LogP contribution < -0.4 is 10.1 Å². The Hall–Kier alpha value is -3.60. The van der Waals surface area contributed by atoms with Gasteiger partial charge in [0.1, 0.15) is 11.6 Å². The maximum atomic E-state index is 12.2. The highest BCUT2D eigenvalue weighted by atomic mass is 16.5. The maximum Gasteiger partial charge on any atom is 0.251 e. The van der Waals surface area contributed by atoms with Crippen molar-refractivity contribution in [2.75, 3.05) is 13.2 Å². The van der Waals surface area contributed by atoms with Crippen molar-refractivity contribution >= 4 is 16.9 Å². The van der Waals surface area contributed by atoms with Crippen LogP contribution >= 0.6 is 0 Å². The highest BCUT2D eigenvalue weighted by Crippen LogP contribution is 2.18. The molecule has 0 saturated carbocycles. The van der Waals surface area contributed by atoms with Crippen LogP contribution in [0, 0.1) is 6.92 Å². The number of nitrogens with one attached hydrogen (secondary N) is 1. The number of para-hydroxylation sites is 2. The van der Waals surface area contributed by atoms with E-state index >= 15 is 0 Å². The molecule has 5 heteroatoms. The summed E-state index contributed by atoms with van der Waals surface area (Å²) in [4.78, 5) is 17.1. The van der Waals surface area contributed by atoms with Crippen LogP contribution in [0.2, 0.25) is 0 Å². The number of hydrogen-bond acceptors (Lipinski definition) is 3. The standard InChI is InChI=1S/C28H31N3O2/c1-22-11-9-14-24(21-22)33-20-8-7-19-31-26-16-6-5-15-25(26)30-27(31)17-10-18-29-28(32)23-12-3-2-4-13-23/h2-6,9,11-16,21H,7-8,10,17-20H2,1H3,(H,29,32). The summed E-state index contributed by atoms with van der Waals surface area (Å²) >= 11 is 0. The van der Waals surface area contributed by atoms with Crippen LogP contribution in [0.1, 0.15) is 41.0 Å². The molecule has 5 nitrogen and oxygen atoms in total. The first-order valence-electron chi connectivity index (χ1n) is 11.7. The highest BCUT2D eigenvalue weighted by Gasteiger charge is 2.11. The molecular formula is C28H31N3O2. The lowest BCUT2D eigenvalue weighted by atomic mass is 10.2. The highest BCUT2D eigenvalue weighted by molar-refractivity contribution is 5.94. The van der Waals surface area contributed by atoms with E-state index in [0.29, 0.717) is 18.7 Å². The number of nitrogens with zero attached hydrogens (tertiary/aromatic N) is 2. The Labute approximate surface area is 195 Å². The molecule has 0 aliphatic rings. The van der Waals surface area contributed by atoms with Gasteiger partial charge in [-0.15, -0.1) is 0 Å². The molecule has 0 spiro atoms. The number of benzene rings is 3. The van der Waals surface area contributed by atoms with Gasteiger partial charge in [-0.3, -0.25) is 4.79 Å². The monoisotopic (exact) mass is 441 g/mol. The number of unbranched alkanes of at least 4 members (excludes halogenated alkanes) is 1. The summed E-state index contributed by atoms with van der Waals surface area (Å²) in [5.74, 6) is 1.98. The molecular weight excluding hydrogens is 410 g/mol. The Bertz CT molecular complexity index is 1180. The van der Waals surface area contributed by atoms with Crippen molar-refractivity contribution in [1.29, 1.82) is 0 Å². The first kappa shape index (κ1) is 22.6. The molecule has 1 heterocycles. The lowest BCUT2D eigenvalue weighted by Gasteiger charge is -2.11. The number of fused-ring (bicyclic) bond motifs is 1. The smallest absolute Gasteiger partial charge is 0.251 e. The largest absolute Gasteiger partial charge is 0.494 e. The zero-order chi connectivity index (χ0) is 22.9. The number of hydrogen-bond donors (Lipinski definition) is 1. The van der Waals surface area contributed by atoms with Gasteiger partial charge >= 0.3 is 0 Å². The summed E-state index contributed by atoms with van der Waals surface area (Å²) in [6.07, 6.45) is 3.67. The number of carbonyl (C=O) groups excluding carboxylic acids is 1. The number of imidazole rings is 1. The van der Waals surface area contributed by atoms with E-state index in [0.717, 1.165) is 49.3 Å². The fourth-order valence-electron chi connectivity index (χ4n) is 3.97. The SMILES string of the molecule is Cc1cccc(OCCCCn2c(CCCNC(=O)c3ccccc3)nc3ccccc32)c1. The molecule has 0 saturated heterocycles. The predicted molar refractivity (Wildman–Crippen MR) is 133 cm³/mol. The lowest BCUT2D eigenvalue weighted by Crippen LogP contribution is -2.24. The second kappa shape index (κ2) is 11.3. The van der Waals surface area contributed by atoms with Crippen LogP contribution in [-0.4, -0.2) is 28.6 Å². The summed E-state index contributed by atoms with van der Waals surface area (Å²) in [5.41, 5.74) is 4.09. The number of aromatic nitrogens is 2. The third-order valence-corrected chi connectivity index (χ3v) is 5.67. The maximum absolute atomic E-state index is 12.2. The van der Waals surface area contributed by atoms with Crippen LogP contribution in [0.3, 0.4) is 0 Å². The number of aryl methyl sites for hydroxylation is 3. The van der Waals surface area contributed by atoms with Crippen LogP contribution in [0.25, 0.3) is 11.0 Å². The Morgan fingerprint density at radius 1 is 0.939 bits per heavy atom. The summed E-state index contributed by atoms with van der Waals surface area (Å²) < 4.78 is 8.22. The molecule has 1 aromatic heterocycles. The van der Waals surface area contributed by atoms with Crippen molar-refractivity contribution < 1.29 is 9.53 Å². The van der Waals surface area contributed by atoms with Gasteiger partial charge in [0.15, 0.2) is 0 Å². The fraction of sp³-hybridized carbons (Fsp3) is 0.286. The molecule has 1 N–H and O–H groups in total. The van der Waals surface area contributed by atoms with Gasteiger partial charge in [-0.25, -0.2) is 4.98 Å². The number of amides is 1. The zero-order valence-corrected chi connectivity index (χ0v) is 19.2. The topological polar surface area (TPSA) is 56.1 Å². The first-order chi connectivity index (χ1) is 16.2. The number of ether oxygens (including phenoxy) is 1. The van der Waals surface area contributed by atoms with Gasteiger partial charge in [0.2, 0.25) is 0 Å². The molecule has 0 unspecified atom stereocenters. The Kier molecular flexibility index (Phi) is 7.75. The average Bonchev–Trinajstić information content (AvgIpc) is 3.19. The Morgan fingerprint density at radius 2 is 1.76 bits per heavy atom. The van der Waals surface area contributed by atoms with Gasteiger partial charge in [0.05, 0.1) is 17.6 Å². The minimum Gasteiger partial charge on any atom is -0.494 e. The zero-order valence-electron chi connectivity index (χ0n) is 19.2. The van der Waals surface area contributed by atoms with Crippen molar-refractivity contribution in [1.82, 2.24) is 14.9 Å². The van der Waals surface area contributed by atoms with Crippen LogP contribution in [0.15, 0.2) is 78.9 Å². The molecule has 0 aliphatic heterocycles. The van der Waals surface area contributed by atoms with Crippen molar-refractivity contribution in [3.63, 3.8) is 0 Å². The summed E-state index contributed by atoms with van der Waals surface area (Å²) in [6.45, 7) is 4.31. The third-order valence-electron chi connectivity index (χ3n) is 5.67.